The number of nitrogens with one attached hydrogen (secondary N) is 2. The summed E-state index contributed by atoms with van der Waals surface area (Å²) in [5.74, 6) is 0.509. The standard InChI is InChI=1S/C14H17N3O2/c1-10-13(16-17-14(10)15-11(2)18)9-19-8-12-6-4-3-5-7-12/h3-7H,8-9H2,1-2H3,(H2,15,16,17,18). The Kier molecular flexibility index (Phi) is 4.30. The van der Waals surface area contributed by atoms with E-state index in [-0.39, 0.29) is 5.91 Å². The Morgan fingerprint density at radius 2 is 2.05 bits per heavy atom. The molecule has 19 heavy (non-hydrogen) atoms. The summed E-state index contributed by atoms with van der Waals surface area (Å²) in [6.07, 6.45) is 0. The van der Waals surface area contributed by atoms with E-state index in [4.69, 9.17) is 4.74 Å². The maximum Gasteiger partial charge on any atom is 0.222 e. The molecule has 2 N–H and O–H groups in total. The number of nitrogens with zero attached hydrogens (tertiary/aromatic N) is 1. The minimum Gasteiger partial charge on any atom is -0.370 e. The molecule has 0 aliphatic heterocycles. The molecule has 0 saturated heterocycles. The van der Waals surface area contributed by atoms with Crippen LogP contribution >= 0.6 is 0 Å². The van der Waals surface area contributed by atoms with Gasteiger partial charge in [-0.25, -0.2) is 0 Å². The summed E-state index contributed by atoms with van der Waals surface area (Å²) < 4.78 is 5.61. The van der Waals surface area contributed by atoms with E-state index in [1.807, 2.05) is 37.3 Å². The van der Waals surface area contributed by atoms with E-state index in [1.54, 1.807) is 0 Å². The van der Waals surface area contributed by atoms with Crippen LogP contribution in [0.4, 0.5) is 5.82 Å². The van der Waals surface area contributed by atoms with Crippen LogP contribution in [0.1, 0.15) is 23.7 Å². The molecular weight excluding hydrogens is 242 g/mol. The maximum atomic E-state index is 11.0. The molecule has 0 atom stereocenters. The number of ether oxygens (including phenoxy) is 1. The van der Waals surface area contributed by atoms with Crippen LogP contribution < -0.4 is 5.32 Å². The molecule has 0 bridgehead atoms. The lowest BCUT2D eigenvalue weighted by Crippen LogP contribution is -2.07. The van der Waals surface area contributed by atoms with Gasteiger partial charge >= 0.3 is 0 Å². The van der Waals surface area contributed by atoms with Crippen molar-refractivity contribution in [2.75, 3.05) is 5.32 Å². The molecule has 0 aliphatic carbocycles. The van der Waals surface area contributed by atoms with Gasteiger partial charge in [0, 0.05) is 12.5 Å². The van der Waals surface area contributed by atoms with E-state index < -0.39 is 0 Å². The normalized spacial score (nSPS) is 10.4. The summed E-state index contributed by atoms with van der Waals surface area (Å²) in [6, 6.07) is 9.96. The second kappa shape index (κ2) is 6.15. The molecule has 100 valence electrons. The Morgan fingerprint density at radius 3 is 2.74 bits per heavy atom. The van der Waals surface area contributed by atoms with E-state index in [0.29, 0.717) is 19.0 Å². The third-order valence-corrected chi connectivity index (χ3v) is 2.76. The van der Waals surface area contributed by atoms with E-state index in [2.05, 4.69) is 15.5 Å². The number of hydrogen-bond acceptors (Lipinski definition) is 3. The number of aromatic amines is 1. The molecule has 0 aliphatic rings. The van der Waals surface area contributed by atoms with Crippen molar-refractivity contribution in [2.24, 2.45) is 0 Å². The molecule has 1 amide bonds. The van der Waals surface area contributed by atoms with E-state index in [1.165, 1.54) is 6.92 Å². The van der Waals surface area contributed by atoms with Crippen molar-refractivity contribution in [3.05, 3.63) is 47.2 Å². The molecule has 0 fully saturated rings. The van der Waals surface area contributed by atoms with E-state index in [0.717, 1.165) is 16.8 Å². The highest BCUT2D eigenvalue weighted by atomic mass is 16.5. The number of H-pyrrole nitrogens is 1. The second-order valence-corrected chi connectivity index (χ2v) is 4.33. The quantitative estimate of drug-likeness (QED) is 0.866. The van der Waals surface area contributed by atoms with Crippen LogP contribution in [0.2, 0.25) is 0 Å². The lowest BCUT2D eigenvalue weighted by molar-refractivity contribution is -0.114. The van der Waals surface area contributed by atoms with Gasteiger partial charge in [0.1, 0.15) is 5.82 Å². The van der Waals surface area contributed by atoms with E-state index >= 15 is 0 Å². The zero-order chi connectivity index (χ0) is 13.7. The number of carbonyl (C=O) groups excluding carboxylic acids is 1. The van der Waals surface area contributed by atoms with Crippen LogP contribution in [0.15, 0.2) is 30.3 Å². The highest BCUT2D eigenvalue weighted by Gasteiger charge is 2.09. The number of hydrogen-bond donors (Lipinski definition) is 2. The van der Waals surface area contributed by atoms with Crippen molar-refractivity contribution in [3.63, 3.8) is 0 Å². The van der Waals surface area contributed by atoms with Crippen molar-refractivity contribution in [3.8, 4) is 0 Å². The molecule has 5 heteroatoms. The van der Waals surface area contributed by atoms with Crippen LogP contribution in [-0.4, -0.2) is 16.1 Å². The van der Waals surface area contributed by atoms with Crippen molar-refractivity contribution in [2.45, 2.75) is 27.1 Å². The summed E-state index contributed by atoms with van der Waals surface area (Å²) in [5, 5.41) is 9.62. The van der Waals surface area contributed by atoms with Gasteiger partial charge in [0.05, 0.1) is 18.9 Å². The molecule has 0 radical (unpaired) electrons. The summed E-state index contributed by atoms with van der Waals surface area (Å²) >= 11 is 0. The molecule has 1 heterocycles. The molecule has 1 aromatic heterocycles. The predicted molar refractivity (Wildman–Crippen MR) is 72.6 cm³/mol. The van der Waals surface area contributed by atoms with Crippen LogP contribution in [0.25, 0.3) is 0 Å². The van der Waals surface area contributed by atoms with Gasteiger partial charge in [-0.1, -0.05) is 30.3 Å². The third-order valence-electron chi connectivity index (χ3n) is 2.76. The number of benzene rings is 1. The predicted octanol–water partition coefficient (Wildman–Crippen LogP) is 2.39. The lowest BCUT2D eigenvalue weighted by atomic mass is 10.2. The van der Waals surface area contributed by atoms with Gasteiger partial charge in [-0.15, -0.1) is 0 Å². The minimum atomic E-state index is -0.122. The zero-order valence-electron chi connectivity index (χ0n) is 11.1. The van der Waals surface area contributed by atoms with Crippen LogP contribution in [0, 0.1) is 6.92 Å². The SMILES string of the molecule is CC(=O)Nc1[nH]nc(COCc2ccccc2)c1C. The number of anilines is 1. The molecule has 0 saturated carbocycles. The zero-order valence-corrected chi connectivity index (χ0v) is 11.1. The molecule has 2 rings (SSSR count). The van der Waals surface area contributed by atoms with Crippen molar-refractivity contribution < 1.29 is 9.53 Å². The summed E-state index contributed by atoms with van der Waals surface area (Å²) in [6.45, 7) is 4.32. The van der Waals surface area contributed by atoms with Crippen molar-refractivity contribution in [1.29, 1.82) is 0 Å². The molecule has 0 unspecified atom stereocenters. The largest absolute Gasteiger partial charge is 0.370 e. The first-order valence-corrected chi connectivity index (χ1v) is 6.10. The average Bonchev–Trinajstić information content (AvgIpc) is 2.72. The summed E-state index contributed by atoms with van der Waals surface area (Å²) in [7, 11) is 0. The van der Waals surface area contributed by atoms with E-state index in [9.17, 15) is 4.79 Å². The Hall–Kier alpha value is -2.14. The fraction of sp³-hybridized carbons (Fsp3) is 0.286. The Bertz CT molecular complexity index is 549. The Morgan fingerprint density at radius 1 is 1.32 bits per heavy atom. The summed E-state index contributed by atoms with van der Waals surface area (Å²) in [5.41, 5.74) is 2.83. The van der Waals surface area contributed by atoms with Gasteiger partial charge in [0.25, 0.3) is 0 Å². The fourth-order valence-electron chi connectivity index (χ4n) is 1.71. The molecular formula is C14H17N3O2. The first-order chi connectivity index (χ1) is 9.16. The van der Waals surface area contributed by atoms with Gasteiger partial charge < -0.3 is 10.1 Å². The van der Waals surface area contributed by atoms with Gasteiger partial charge in [0.15, 0.2) is 0 Å². The number of amides is 1. The highest BCUT2D eigenvalue weighted by Crippen LogP contribution is 2.16. The molecule has 1 aromatic carbocycles. The first kappa shape index (κ1) is 13.3. The molecule has 5 nitrogen and oxygen atoms in total. The molecule has 0 spiro atoms. The first-order valence-electron chi connectivity index (χ1n) is 6.10. The van der Waals surface area contributed by atoms with Gasteiger partial charge in [-0.2, -0.15) is 5.10 Å². The van der Waals surface area contributed by atoms with Crippen LogP contribution in [-0.2, 0) is 22.7 Å². The third kappa shape index (κ3) is 3.66. The number of aromatic nitrogens is 2. The number of carbonyl (C=O) groups is 1. The second-order valence-electron chi connectivity index (χ2n) is 4.33. The van der Waals surface area contributed by atoms with Gasteiger partial charge in [0.2, 0.25) is 5.91 Å². The average molecular weight is 259 g/mol. The van der Waals surface area contributed by atoms with Crippen LogP contribution in [0.3, 0.4) is 0 Å². The van der Waals surface area contributed by atoms with Gasteiger partial charge in [-0.3, -0.25) is 9.89 Å². The topological polar surface area (TPSA) is 67.0 Å². The van der Waals surface area contributed by atoms with Crippen LogP contribution in [0.5, 0.6) is 0 Å². The lowest BCUT2D eigenvalue weighted by Gasteiger charge is -2.03. The monoisotopic (exact) mass is 259 g/mol. The maximum absolute atomic E-state index is 11.0. The molecule has 2 aromatic rings. The van der Waals surface area contributed by atoms with Crippen molar-refractivity contribution in [1.82, 2.24) is 10.2 Å². The Labute approximate surface area is 112 Å². The Balaban J connectivity index is 1.90. The summed E-state index contributed by atoms with van der Waals surface area (Å²) in [4.78, 5) is 11.0. The highest BCUT2D eigenvalue weighted by molar-refractivity contribution is 5.88. The minimum absolute atomic E-state index is 0.122. The van der Waals surface area contributed by atoms with Gasteiger partial charge in [-0.05, 0) is 12.5 Å². The smallest absolute Gasteiger partial charge is 0.222 e. The fourth-order valence-corrected chi connectivity index (χ4v) is 1.71. The number of rotatable bonds is 5. The van der Waals surface area contributed by atoms with Crippen molar-refractivity contribution >= 4 is 11.7 Å².